The first-order chi connectivity index (χ1) is 6.34. The van der Waals surface area contributed by atoms with Crippen LogP contribution in [0.2, 0.25) is 0 Å². The largest absolute Gasteiger partial charge is 0.357 e. The van der Waals surface area contributed by atoms with E-state index < -0.39 is 0 Å². The first-order valence-electron chi connectivity index (χ1n) is 4.75. The van der Waals surface area contributed by atoms with Gasteiger partial charge in [0.05, 0.1) is 0 Å². The normalized spacial score (nSPS) is 19.2. The van der Waals surface area contributed by atoms with Crippen LogP contribution in [0.1, 0.15) is 5.56 Å². The monoisotopic (exact) mass is 196 g/mol. The van der Waals surface area contributed by atoms with Gasteiger partial charge in [-0.15, -0.1) is 0 Å². The Hall–Kier alpha value is -0.410. The number of aryl methyl sites for hydroxylation is 1. The van der Waals surface area contributed by atoms with Gasteiger partial charge in [-0.05, 0) is 11.6 Å². The van der Waals surface area contributed by atoms with E-state index in [-0.39, 0.29) is 0 Å². The van der Waals surface area contributed by atoms with Crippen LogP contribution in [-0.4, -0.2) is 34.1 Å². The third kappa shape index (κ3) is 2.51. The van der Waals surface area contributed by atoms with E-state index in [9.17, 15) is 0 Å². The van der Waals surface area contributed by atoms with E-state index in [0.29, 0.717) is 0 Å². The molecule has 3 heteroatoms. The van der Waals surface area contributed by atoms with Gasteiger partial charge in [0.2, 0.25) is 0 Å². The standard InChI is InChI=1S/C10H16N2S/c1-11-3-2-10(8-11)9-12-4-6-13-7-5-12/h2-3,8H,4-7,9H2,1H3. The second-order valence-corrected chi connectivity index (χ2v) is 4.80. The van der Waals surface area contributed by atoms with Crippen molar-refractivity contribution in [3.8, 4) is 0 Å². The minimum atomic E-state index is 1.13. The van der Waals surface area contributed by atoms with Crippen LogP contribution in [0.4, 0.5) is 0 Å². The maximum absolute atomic E-state index is 2.53. The van der Waals surface area contributed by atoms with Crippen LogP contribution >= 0.6 is 11.8 Å². The number of hydrogen-bond donors (Lipinski definition) is 0. The minimum absolute atomic E-state index is 1.13. The zero-order valence-corrected chi connectivity index (χ0v) is 8.89. The number of rotatable bonds is 2. The van der Waals surface area contributed by atoms with Gasteiger partial charge in [-0.2, -0.15) is 11.8 Å². The van der Waals surface area contributed by atoms with Crippen molar-refractivity contribution in [3.05, 3.63) is 24.0 Å². The van der Waals surface area contributed by atoms with E-state index in [0.717, 1.165) is 6.54 Å². The summed E-state index contributed by atoms with van der Waals surface area (Å²) < 4.78 is 2.12. The molecule has 0 unspecified atom stereocenters. The summed E-state index contributed by atoms with van der Waals surface area (Å²) in [5.74, 6) is 2.60. The molecule has 0 atom stereocenters. The fraction of sp³-hybridized carbons (Fsp3) is 0.600. The lowest BCUT2D eigenvalue weighted by Crippen LogP contribution is -2.31. The molecule has 0 N–H and O–H groups in total. The Morgan fingerprint density at radius 1 is 1.38 bits per heavy atom. The third-order valence-corrected chi connectivity index (χ3v) is 3.35. The van der Waals surface area contributed by atoms with Crippen LogP contribution in [-0.2, 0) is 13.6 Å². The molecule has 2 heterocycles. The molecule has 0 radical (unpaired) electrons. The summed E-state index contributed by atoms with van der Waals surface area (Å²) in [4.78, 5) is 2.53. The van der Waals surface area contributed by atoms with Crippen molar-refractivity contribution >= 4 is 11.8 Å². The molecule has 1 fully saturated rings. The van der Waals surface area contributed by atoms with E-state index in [1.807, 2.05) is 0 Å². The zero-order chi connectivity index (χ0) is 9.10. The molecule has 2 rings (SSSR count). The first-order valence-corrected chi connectivity index (χ1v) is 5.91. The molecule has 0 aromatic carbocycles. The molecule has 1 aromatic rings. The average Bonchev–Trinajstić information content (AvgIpc) is 2.53. The Balaban J connectivity index is 1.89. The Labute approximate surface area is 83.9 Å². The lowest BCUT2D eigenvalue weighted by Gasteiger charge is -2.25. The van der Waals surface area contributed by atoms with Crippen molar-refractivity contribution in [2.24, 2.45) is 7.05 Å². The van der Waals surface area contributed by atoms with Gasteiger partial charge in [-0.3, -0.25) is 4.90 Å². The van der Waals surface area contributed by atoms with Gasteiger partial charge in [0.1, 0.15) is 0 Å². The lowest BCUT2D eigenvalue weighted by atomic mass is 10.3. The van der Waals surface area contributed by atoms with E-state index in [4.69, 9.17) is 0 Å². The maximum atomic E-state index is 2.53. The molecule has 2 nitrogen and oxygen atoms in total. The highest BCUT2D eigenvalue weighted by atomic mass is 32.2. The molecular weight excluding hydrogens is 180 g/mol. The summed E-state index contributed by atoms with van der Waals surface area (Å²) in [5, 5.41) is 0. The van der Waals surface area contributed by atoms with Crippen molar-refractivity contribution < 1.29 is 0 Å². The molecule has 1 aromatic heterocycles. The Morgan fingerprint density at radius 3 is 2.77 bits per heavy atom. The summed E-state index contributed by atoms with van der Waals surface area (Å²) in [5.41, 5.74) is 1.44. The Kier molecular flexibility index (Phi) is 2.96. The van der Waals surface area contributed by atoms with Crippen LogP contribution < -0.4 is 0 Å². The van der Waals surface area contributed by atoms with Gasteiger partial charge in [0.15, 0.2) is 0 Å². The highest BCUT2D eigenvalue weighted by Crippen LogP contribution is 2.12. The van der Waals surface area contributed by atoms with Crippen LogP contribution in [0, 0.1) is 0 Å². The smallest absolute Gasteiger partial charge is 0.0249 e. The molecule has 1 aliphatic rings. The number of nitrogens with zero attached hydrogens (tertiary/aromatic N) is 2. The number of thioether (sulfide) groups is 1. The van der Waals surface area contributed by atoms with Crippen molar-refractivity contribution in [2.45, 2.75) is 6.54 Å². The molecule has 0 bridgehead atoms. The van der Waals surface area contributed by atoms with Gasteiger partial charge in [0.25, 0.3) is 0 Å². The quantitative estimate of drug-likeness (QED) is 0.709. The highest BCUT2D eigenvalue weighted by molar-refractivity contribution is 7.99. The van der Waals surface area contributed by atoms with E-state index >= 15 is 0 Å². The minimum Gasteiger partial charge on any atom is -0.357 e. The molecule has 1 aliphatic heterocycles. The summed E-state index contributed by atoms with van der Waals surface area (Å²) in [7, 11) is 2.08. The molecule has 13 heavy (non-hydrogen) atoms. The SMILES string of the molecule is Cn1ccc(CN2CCSCC2)c1. The maximum Gasteiger partial charge on any atom is 0.0249 e. The second-order valence-electron chi connectivity index (χ2n) is 3.57. The fourth-order valence-electron chi connectivity index (χ4n) is 1.67. The number of hydrogen-bond acceptors (Lipinski definition) is 2. The molecular formula is C10H16N2S. The second kappa shape index (κ2) is 4.20. The molecule has 0 aliphatic carbocycles. The van der Waals surface area contributed by atoms with Crippen LogP contribution in [0.5, 0.6) is 0 Å². The first kappa shape index (κ1) is 9.16. The number of aromatic nitrogens is 1. The predicted molar refractivity (Wildman–Crippen MR) is 58.0 cm³/mol. The van der Waals surface area contributed by atoms with E-state index in [1.54, 1.807) is 0 Å². The molecule has 0 amide bonds. The van der Waals surface area contributed by atoms with E-state index in [2.05, 4.69) is 46.7 Å². The predicted octanol–water partition coefficient (Wildman–Crippen LogP) is 1.57. The van der Waals surface area contributed by atoms with Gasteiger partial charge in [-0.1, -0.05) is 0 Å². The van der Waals surface area contributed by atoms with Crippen molar-refractivity contribution in [1.82, 2.24) is 9.47 Å². The summed E-state index contributed by atoms with van der Waals surface area (Å²) in [6, 6.07) is 2.21. The molecule has 72 valence electrons. The highest BCUT2D eigenvalue weighted by Gasteiger charge is 2.10. The van der Waals surface area contributed by atoms with Crippen molar-refractivity contribution in [3.63, 3.8) is 0 Å². The Morgan fingerprint density at radius 2 is 2.15 bits per heavy atom. The fourth-order valence-corrected chi connectivity index (χ4v) is 2.65. The van der Waals surface area contributed by atoms with Crippen LogP contribution in [0.3, 0.4) is 0 Å². The third-order valence-electron chi connectivity index (χ3n) is 2.40. The summed E-state index contributed by atoms with van der Waals surface area (Å²) >= 11 is 2.07. The Bertz CT molecular complexity index is 264. The van der Waals surface area contributed by atoms with Gasteiger partial charge >= 0.3 is 0 Å². The lowest BCUT2D eigenvalue weighted by molar-refractivity contribution is 0.294. The van der Waals surface area contributed by atoms with Crippen LogP contribution in [0.25, 0.3) is 0 Å². The average molecular weight is 196 g/mol. The van der Waals surface area contributed by atoms with Crippen molar-refractivity contribution in [1.29, 1.82) is 0 Å². The summed E-state index contributed by atoms with van der Waals surface area (Å²) in [6.07, 6.45) is 4.33. The summed E-state index contributed by atoms with van der Waals surface area (Å²) in [6.45, 7) is 3.63. The van der Waals surface area contributed by atoms with Crippen molar-refractivity contribution in [2.75, 3.05) is 24.6 Å². The molecule has 1 saturated heterocycles. The topological polar surface area (TPSA) is 8.17 Å². The van der Waals surface area contributed by atoms with Gasteiger partial charge in [0, 0.05) is 50.6 Å². The van der Waals surface area contributed by atoms with Gasteiger partial charge in [-0.25, -0.2) is 0 Å². The van der Waals surface area contributed by atoms with E-state index in [1.165, 1.54) is 30.2 Å². The molecule has 0 spiro atoms. The zero-order valence-electron chi connectivity index (χ0n) is 8.07. The van der Waals surface area contributed by atoms with Crippen LogP contribution in [0.15, 0.2) is 18.5 Å². The van der Waals surface area contributed by atoms with Gasteiger partial charge < -0.3 is 4.57 Å². The molecule has 0 saturated carbocycles.